The van der Waals surface area contributed by atoms with E-state index >= 15 is 0 Å². The number of ether oxygens (including phenoxy) is 1. The number of nitrogens with one attached hydrogen (secondary N) is 2. The summed E-state index contributed by atoms with van der Waals surface area (Å²) in [5, 5.41) is 7.24. The summed E-state index contributed by atoms with van der Waals surface area (Å²) >= 11 is 5.07. The van der Waals surface area contributed by atoms with Gasteiger partial charge in [-0.15, -0.1) is 0 Å². The lowest BCUT2D eigenvalue weighted by atomic mass is 10.2. The molecule has 0 aliphatic carbocycles. The van der Waals surface area contributed by atoms with Gasteiger partial charge in [-0.3, -0.25) is 5.43 Å². The first-order chi connectivity index (χ1) is 10.2. The molecule has 108 valence electrons. The summed E-state index contributed by atoms with van der Waals surface area (Å²) in [6.45, 7) is 0. The smallest absolute Gasteiger partial charge is 0.191 e. The fourth-order valence-corrected chi connectivity index (χ4v) is 1.72. The molecule has 0 saturated carbocycles. The van der Waals surface area contributed by atoms with Gasteiger partial charge in [0.15, 0.2) is 5.11 Å². The topological polar surface area (TPSA) is 45.6 Å². The number of rotatable bonds is 4. The highest BCUT2D eigenvalue weighted by molar-refractivity contribution is 7.80. The van der Waals surface area contributed by atoms with Gasteiger partial charge in [0.25, 0.3) is 0 Å². The largest absolute Gasteiger partial charge is 0.497 e. The van der Waals surface area contributed by atoms with Crippen molar-refractivity contribution in [3.05, 3.63) is 59.9 Å². The third kappa shape index (κ3) is 4.85. The van der Waals surface area contributed by atoms with Gasteiger partial charge in [-0.05, 0) is 66.3 Å². The van der Waals surface area contributed by atoms with Crippen LogP contribution in [-0.4, -0.2) is 18.4 Å². The molecule has 4 nitrogen and oxygen atoms in total. The molecule has 0 bridgehead atoms. The van der Waals surface area contributed by atoms with Gasteiger partial charge < -0.3 is 10.1 Å². The molecule has 0 unspecified atom stereocenters. The van der Waals surface area contributed by atoms with Gasteiger partial charge in [-0.25, -0.2) is 4.39 Å². The highest BCUT2D eigenvalue weighted by atomic mass is 32.1. The average molecular weight is 303 g/mol. The van der Waals surface area contributed by atoms with E-state index in [4.69, 9.17) is 17.0 Å². The summed E-state index contributed by atoms with van der Waals surface area (Å²) < 4.78 is 17.8. The van der Waals surface area contributed by atoms with E-state index in [-0.39, 0.29) is 5.82 Å². The zero-order valence-corrected chi connectivity index (χ0v) is 12.2. The van der Waals surface area contributed by atoms with Crippen LogP contribution in [0.25, 0.3) is 0 Å². The third-order valence-corrected chi connectivity index (χ3v) is 2.79. The quantitative estimate of drug-likeness (QED) is 0.517. The predicted molar refractivity (Wildman–Crippen MR) is 86.3 cm³/mol. The van der Waals surface area contributed by atoms with Crippen molar-refractivity contribution in [1.29, 1.82) is 0 Å². The summed E-state index contributed by atoms with van der Waals surface area (Å²) in [5.41, 5.74) is 4.29. The summed E-state index contributed by atoms with van der Waals surface area (Å²) in [6.07, 6.45) is 1.64. The van der Waals surface area contributed by atoms with Crippen LogP contribution in [-0.2, 0) is 0 Å². The zero-order valence-electron chi connectivity index (χ0n) is 11.3. The van der Waals surface area contributed by atoms with E-state index in [1.807, 2.05) is 24.3 Å². The first-order valence-electron chi connectivity index (χ1n) is 6.17. The molecule has 21 heavy (non-hydrogen) atoms. The highest BCUT2D eigenvalue weighted by Crippen LogP contribution is 2.10. The molecule has 0 fully saturated rings. The molecule has 0 aromatic heterocycles. The first-order valence-corrected chi connectivity index (χ1v) is 6.58. The lowest BCUT2D eigenvalue weighted by Crippen LogP contribution is -2.23. The lowest BCUT2D eigenvalue weighted by molar-refractivity contribution is 0.415. The van der Waals surface area contributed by atoms with E-state index < -0.39 is 0 Å². The monoisotopic (exact) mass is 303 g/mol. The Balaban J connectivity index is 1.85. The van der Waals surface area contributed by atoms with Crippen LogP contribution in [0.4, 0.5) is 10.1 Å². The van der Waals surface area contributed by atoms with Crippen LogP contribution < -0.4 is 15.5 Å². The van der Waals surface area contributed by atoms with Crippen LogP contribution in [0.1, 0.15) is 5.56 Å². The molecular weight excluding hydrogens is 289 g/mol. The Morgan fingerprint density at radius 1 is 1.14 bits per heavy atom. The number of hydrogen-bond donors (Lipinski definition) is 2. The molecule has 2 aromatic rings. The Morgan fingerprint density at radius 3 is 2.43 bits per heavy atom. The van der Waals surface area contributed by atoms with Crippen LogP contribution in [0.2, 0.25) is 0 Å². The van der Waals surface area contributed by atoms with Gasteiger partial charge in [-0.2, -0.15) is 5.10 Å². The van der Waals surface area contributed by atoms with Crippen molar-refractivity contribution in [2.24, 2.45) is 5.10 Å². The van der Waals surface area contributed by atoms with Crippen molar-refractivity contribution < 1.29 is 9.13 Å². The van der Waals surface area contributed by atoms with Crippen molar-refractivity contribution in [3.8, 4) is 5.75 Å². The molecule has 0 aliphatic rings. The molecule has 2 N–H and O–H groups in total. The van der Waals surface area contributed by atoms with Gasteiger partial charge in [0.2, 0.25) is 0 Å². The Hall–Kier alpha value is -2.47. The van der Waals surface area contributed by atoms with E-state index in [0.717, 1.165) is 11.3 Å². The molecule has 0 saturated heterocycles. The Labute approximate surface area is 127 Å². The first kappa shape index (κ1) is 14.9. The minimum Gasteiger partial charge on any atom is -0.497 e. The van der Waals surface area contributed by atoms with E-state index in [2.05, 4.69) is 15.8 Å². The van der Waals surface area contributed by atoms with Crippen molar-refractivity contribution >= 4 is 29.2 Å². The molecule has 0 aliphatic heterocycles. The minimum absolute atomic E-state index is 0.294. The Morgan fingerprint density at radius 2 is 1.81 bits per heavy atom. The zero-order chi connectivity index (χ0) is 15.1. The molecule has 0 radical (unpaired) electrons. The van der Waals surface area contributed by atoms with E-state index in [9.17, 15) is 4.39 Å². The molecule has 0 amide bonds. The van der Waals surface area contributed by atoms with E-state index in [1.54, 1.807) is 25.5 Å². The summed E-state index contributed by atoms with van der Waals surface area (Å²) in [4.78, 5) is 0. The molecular formula is C15H14FN3OS. The fourth-order valence-electron chi connectivity index (χ4n) is 1.55. The van der Waals surface area contributed by atoms with Gasteiger partial charge in [0.05, 0.1) is 13.3 Å². The number of halogens is 1. The Bertz CT molecular complexity index is 626. The highest BCUT2D eigenvalue weighted by Gasteiger charge is 1.96. The van der Waals surface area contributed by atoms with Crippen molar-refractivity contribution in [2.75, 3.05) is 12.4 Å². The van der Waals surface area contributed by atoms with Gasteiger partial charge in [0, 0.05) is 5.69 Å². The predicted octanol–water partition coefficient (Wildman–Crippen LogP) is 3.15. The number of nitrogens with zero attached hydrogens (tertiary/aromatic N) is 1. The number of thiocarbonyl (C=S) groups is 1. The van der Waals surface area contributed by atoms with E-state index in [0.29, 0.717) is 10.8 Å². The van der Waals surface area contributed by atoms with Crippen molar-refractivity contribution in [2.45, 2.75) is 0 Å². The molecule has 0 spiro atoms. The summed E-state index contributed by atoms with van der Waals surface area (Å²) in [5.74, 6) is 0.491. The minimum atomic E-state index is -0.294. The van der Waals surface area contributed by atoms with Gasteiger partial charge >= 0.3 is 0 Å². The summed E-state index contributed by atoms with van der Waals surface area (Å²) in [7, 11) is 1.62. The van der Waals surface area contributed by atoms with Crippen molar-refractivity contribution in [3.63, 3.8) is 0 Å². The maximum Gasteiger partial charge on any atom is 0.191 e. The Kier molecular flexibility index (Phi) is 5.22. The molecule has 6 heteroatoms. The second-order valence-electron chi connectivity index (χ2n) is 4.10. The van der Waals surface area contributed by atoms with Crippen LogP contribution in [0, 0.1) is 5.82 Å². The molecule has 2 aromatic carbocycles. The van der Waals surface area contributed by atoms with Gasteiger partial charge in [0.1, 0.15) is 11.6 Å². The standard InChI is InChI=1S/C15H14FN3OS/c1-20-14-8-2-11(3-9-14)10-17-19-15(21)18-13-6-4-12(16)5-7-13/h2-10H,1H3,(H2,18,19,21). The normalized spacial score (nSPS) is 10.4. The number of hydrogen-bond acceptors (Lipinski definition) is 3. The van der Waals surface area contributed by atoms with Crippen LogP contribution >= 0.6 is 12.2 Å². The SMILES string of the molecule is COc1ccc(C=NNC(=S)Nc2ccc(F)cc2)cc1. The van der Waals surface area contributed by atoms with E-state index in [1.165, 1.54) is 12.1 Å². The fraction of sp³-hybridized carbons (Fsp3) is 0.0667. The second kappa shape index (κ2) is 7.35. The maximum absolute atomic E-state index is 12.8. The van der Waals surface area contributed by atoms with Gasteiger partial charge in [-0.1, -0.05) is 0 Å². The lowest BCUT2D eigenvalue weighted by Gasteiger charge is -2.06. The molecule has 2 rings (SSSR count). The summed E-state index contributed by atoms with van der Waals surface area (Å²) in [6, 6.07) is 13.3. The maximum atomic E-state index is 12.8. The number of benzene rings is 2. The molecule has 0 atom stereocenters. The molecule has 0 heterocycles. The van der Waals surface area contributed by atoms with Crippen LogP contribution in [0.3, 0.4) is 0 Å². The average Bonchev–Trinajstić information content (AvgIpc) is 2.50. The number of hydrazone groups is 1. The van der Waals surface area contributed by atoms with Crippen LogP contribution in [0.15, 0.2) is 53.6 Å². The number of methoxy groups -OCH3 is 1. The second-order valence-corrected chi connectivity index (χ2v) is 4.51. The number of anilines is 1. The third-order valence-electron chi connectivity index (χ3n) is 2.60. The van der Waals surface area contributed by atoms with Crippen molar-refractivity contribution in [1.82, 2.24) is 5.43 Å². The van der Waals surface area contributed by atoms with Crippen LogP contribution in [0.5, 0.6) is 5.75 Å².